The number of guanidine groups is 1. The monoisotopic (exact) mass is 504 g/mol. The molecule has 0 bridgehead atoms. The van der Waals surface area contributed by atoms with Crippen LogP contribution < -0.4 is 10.6 Å². The molecule has 1 aliphatic heterocycles. The molecule has 0 aromatic carbocycles. The predicted molar refractivity (Wildman–Crippen MR) is 123 cm³/mol. The summed E-state index contributed by atoms with van der Waals surface area (Å²) in [6.45, 7) is 7.53. The van der Waals surface area contributed by atoms with E-state index in [1.165, 1.54) is 32.1 Å². The van der Waals surface area contributed by atoms with E-state index in [1.807, 2.05) is 18.5 Å². The van der Waals surface area contributed by atoms with Crippen LogP contribution in [0.25, 0.3) is 0 Å². The predicted octanol–water partition coefficient (Wildman–Crippen LogP) is 3.17. The lowest BCUT2D eigenvalue weighted by atomic mass is 9.81. The highest BCUT2D eigenvalue weighted by molar-refractivity contribution is 14.0. The van der Waals surface area contributed by atoms with Gasteiger partial charge in [0.05, 0.1) is 6.10 Å². The first-order chi connectivity index (χ1) is 13.1. The van der Waals surface area contributed by atoms with Crippen LogP contribution in [0.2, 0.25) is 0 Å². The van der Waals surface area contributed by atoms with Crippen LogP contribution in [-0.2, 0) is 18.3 Å². The molecule has 3 atom stereocenters. The van der Waals surface area contributed by atoms with Crippen molar-refractivity contribution in [3.63, 3.8) is 0 Å². The maximum absolute atomic E-state index is 5.73. The number of aliphatic imine (C=N–C) groups is 1. The second kappa shape index (κ2) is 11.9. The Hall–Kier alpha value is -0.900. The van der Waals surface area contributed by atoms with Crippen molar-refractivity contribution in [3.05, 3.63) is 11.6 Å². The van der Waals surface area contributed by atoms with Gasteiger partial charge in [0.2, 0.25) is 0 Å². The van der Waals surface area contributed by atoms with E-state index in [1.54, 1.807) is 0 Å². The van der Waals surface area contributed by atoms with Crippen LogP contribution in [0.3, 0.4) is 0 Å². The zero-order valence-electron chi connectivity index (χ0n) is 17.6. The summed E-state index contributed by atoms with van der Waals surface area (Å²) in [6, 6.07) is 0. The van der Waals surface area contributed by atoms with E-state index in [0.717, 1.165) is 62.0 Å². The number of nitrogens with one attached hydrogen (secondary N) is 2. The molecular weight excluding hydrogens is 467 g/mol. The molecule has 3 unspecified atom stereocenters. The highest BCUT2D eigenvalue weighted by Gasteiger charge is 2.19. The largest absolute Gasteiger partial charge is 0.376 e. The van der Waals surface area contributed by atoms with Crippen molar-refractivity contribution in [2.24, 2.45) is 23.9 Å². The van der Waals surface area contributed by atoms with Gasteiger partial charge in [0.1, 0.15) is 12.4 Å². The van der Waals surface area contributed by atoms with E-state index < -0.39 is 0 Å². The summed E-state index contributed by atoms with van der Waals surface area (Å²) in [4.78, 5) is 4.74. The van der Waals surface area contributed by atoms with E-state index in [4.69, 9.17) is 9.73 Å². The summed E-state index contributed by atoms with van der Waals surface area (Å²) < 4.78 is 7.72. The quantitative estimate of drug-likeness (QED) is 0.339. The van der Waals surface area contributed by atoms with Crippen LogP contribution in [0.1, 0.15) is 63.5 Å². The highest BCUT2D eigenvalue weighted by Crippen LogP contribution is 2.30. The smallest absolute Gasteiger partial charge is 0.191 e. The third-order valence-corrected chi connectivity index (χ3v) is 5.97. The molecule has 0 radical (unpaired) electrons. The summed E-state index contributed by atoms with van der Waals surface area (Å²) in [7, 11) is 1.98. The van der Waals surface area contributed by atoms with Crippen molar-refractivity contribution in [2.45, 2.75) is 71.4 Å². The fraction of sp³-hybridized carbons (Fsp3) is 0.850. The van der Waals surface area contributed by atoms with Crippen molar-refractivity contribution in [2.75, 3.05) is 19.7 Å². The maximum Gasteiger partial charge on any atom is 0.191 e. The molecule has 1 saturated carbocycles. The highest BCUT2D eigenvalue weighted by atomic mass is 127. The van der Waals surface area contributed by atoms with Gasteiger partial charge in [0.15, 0.2) is 11.8 Å². The van der Waals surface area contributed by atoms with Gasteiger partial charge >= 0.3 is 0 Å². The number of hydrogen-bond donors (Lipinski definition) is 2. The Morgan fingerprint density at radius 3 is 2.75 bits per heavy atom. The molecule has 0 amide bonds. The van der Waals surface area contributed by atoms with Gasteiger partial charge in [0, 0.05) is 26.7 Å². The first kappa shape index (κ1) is 23.4. The van der Waals surface area contributed by atoms with Crippen molar-refractivity contribution >= 4 is 29.9 Å². The number of aromatic nitrogens is 3. The molecule has 8 heteroatoms. The van der Waals surface area contributed by atoms with Crippen molar-refractivity contribution in [1.29, 1.82) is 0 Å². The minimum atomic E-state index is 0. The van der Waals surface area contributed by atoms with E-state index in [-0.39, 0.29) is 24.0 Å². The Kier molecular flexibility index (Phi) is 9.98. The molecule has 2 heterocycles. The average molecular weight is 504 g/mol. The summed E-state index contributed by atoms with van der Waals surface area (Å²) >= 11 is 0. The second-order valence-corrected chi connectivity index (χ2v) is 8.26. The minimum Gasteiger partial charge on any atom is -0.376 e. The normalized spacial score (nSPS) is 25.4. The van der Waals surface area contributed by atoms with E-state index in [0.29, 0.717) is 12.6 Å². The second-order valence-electron chi connectivity index (χ2n) is 8.26. The number of ether oxygens (including phenoxy) is 1. The first-order valence-corrected chi connectivity index (χ1v) is 10.6. The van der Waals surface area contributed by atoms with Crippen LogP contribution in [0.15, 0.2) is 4.99 Å². The van der Waals surface area contributed by atoms with E-state index >= 15 is 0 Å². The number of nitrogens with zero attached hydrogens (tertiary/aromatic N) is 4. The van der Waals surface area contributed by atoms with Gasteiger partial charge in [-0.15, -0.1) is 34.2 Å². The van der Waals surface area contributed by atoms with Gasteiger partial charge in [-0.2, -0.15) is 0 Å². The molecule has 0 spiro atoms. The fourth-order valence-electron chi connectivity index (χ4n) is 4.15. The van der Waals surface area contributed by atoms with Gasteiger partial charge < -0.3 is 19.9 Å². The molecule has 2 aliphatic rings. The van der Waals surface area contributed by atoms with E-state index in [9.17, 15) is 0 Å². The van der Waals surface area contributed by atoms with E-state index in [2.05, 4.69) is 27.8 Å². The molecule has 3 rings (SSSR count). The lowest BCUT2D eigenvalue weighted by Gasteiger charge is -2.27. The molecule has 2 N–H and O–H groups in total. The molecule has 1 aromatic heterocycles. The van der Waals surface area contributed by atoms with Gasteiger partial charge in [0.25, 0.3) is 0 Å². The molecule has 28 heavy (non-hydrogen) atoms. The number of rotatable bonds is 7. The zero-order valence-corrected chi connectivity index (χ0v) is 19.9. The number of halogens is 1. The van der Waals surface area contributed by atoms with Crippen molar-refractivity contribution < 1.29 is 4.74 Å². The van der Waals surface area contributed by atoms with Crippen LogP contribution in [0.5, 0.6) is 0 Å². The Morgan fingerprint density at radius 1 is 1.21 bits per heavy atom. The van der Waals surface area contributed by atoms with Crippen LogP contribution in [-0.4, -0.2) is 46.5 Å². The first-order valence-electron chi connectivity index (χ1n) is 10.6. The standard InChI is InChI=1S/C20H36N6O.HI/c1-15-6-4-7-17(12-15)9-10-21-20(22-13-18-8-5-11-27-18)23-14-19-25-24-16(2)26(19)3;/h15,17-18H,4-14H2,1-3H3,(H2,21,22,23);1H. The molecule has 2 fully saturated rings. The Bertz CT molecular complexity index is 614. The SMILES string of the molecule is Cc1nnc(CN=C(NCCC2CCCC(C)C2)NCC2CCCO2)n1C.I. The molecule has 7 nitrogen and oxygen atoms in total. The van der Waals surface area contributed by atoms with Gasteiger partial charge in [-0.05, 0) is 44.4 Å². The van der Waals surface area contributed by atoms with Crippen LogP contribution in [0, 0.1) is 18.8 Å². The number of hydrogen-bond acceptors (Lipinski definition) is 4. The Balaban J connectivity index is 0.00000280. The summed E-state index contributed by atoms with van der Waals surface area (Å²) in [5.41, 5.74) is 0. The summed E-state index contributed by atoms with van der Waals surface area (Å²) in [5.74, 6) is 4.38. The summed E-state index contributed by atoms with van der Waals surface area (Å²) in [6.07, 6.45) is 9.33. The van der Waals surface area contributed by atoms with Gasteiger partial charge in [-0.25, -0.2) is 4.99 Å². The fourth-order valence-corrected chi connectivity index (χ4v) is 4.15. The summed E-state index contributed by atoms with van der Waals surface area (Å²) in [5, 5.41) is 15.3. The number of aryl methyl sites for hydroxylation is 1. The Morgan fingerprint density at radius 2 is 2.07 bits per heavy atom. The average Bonchev–Trinajstić information content (AvgIpc) is 3.28. The third kappa shape index (κ3) is 7.17. The third-order valence-electron chi connectivity index (χ3n) is 5.97. The molecule has 160 valence electrons. The van der Waals surface area contributed by atoms with Crippen LogP contribution in [0.4, 0.5) is 0 Å². The lowest BCUT2D eigenvalue weighted by Crippen LogP contribution is -2.42. The molecule has 1 aromatic rings. The molecule has 1 aliphatic carbocycles. The molecule has 1 saturated heterocycles. The minimum absolute atomic E-state index is 0. The maximum atomic E-state index is 5.73. The lowest BCUT2D eigenvalue weighted by molar-refractivity contribution is 0.113. The Labute approximate surface area is 186 Å². The van der Waals surface area contributed by atoms with Gasteiger partial charge in [-0.3, -0.25) is 0 Å². The van der Waals surface area contributed by atoms with Crippen LogP contribution >= 0.6 is 24.0 Å². The van der Waals surface area contributed by atoms with Crippen molar-refractivity contribution in [3.8, 4) is 0 Å². The zero-order chi connectivity index (χ0) is 19.1. The van der Waals surface area contributed by atoms with Gasteiger partial charge in [-0.1, -0.05) is 26.2 Å². The van der Waals surface area contributed by atoms with Crippen molar-refractivity contribution in [1.82, 2.24) is 25.4 Å². The molecular formula is C20H37IN6O. The topological polar surface area (TPSA) is 76.4 Å².